The molecular weight excluding hydrogens is 264 g/mol. The van der Waals surface area contributed by atoms with E-state index in [0.717, 1.165) is 18.4 Å². The highest BCUT2D eigenvalue weighted by atomic mass is 16.6. The van der Waals surface area contributed by atoms with E-state index in [4.69, 9.17) is 4.74 Å². The molecule has 0 bridgehead atoms. The van der Waals surface area contributed by atoms with Gasteiger partial charge in [0.15, 0.2) is 0 Å². The summed E-state index contributed by atoms with van der Waals surface area (Å²) in [5.74, 6) is 0. The molecule has 0 aliphatic carbocycles. The maximum absolute atomic E-state index is 11.4. The van der Waals surface area contributed by atoms with Crippen molar-refractivity contribution in [2.24, 2.45) is 0 Å². The van der Waals surface area contributed by atoms with Crippen molar-refractivity contribution in [3.63, 3.8) is 0 Å². The smallest absolute Gasteiger partial charge is 0.421 e. The maximum atomic E-state index is 11.4. The van der Waals surface area contributed by atoms with Gasteiger partial charge in [-0.15, -0.1) is 0 Å². The van der Waals surface area contributed by atoms with Crippen LogP contribution in [-0.2, 0) is 17.7 Å². The van der Waals surface area contributed by atoms with E-state index in [-0.39, 0.29) is 0 Å². The van der Waals surface area contributed by atoms with E-state index in [2.05, 4.69) is 23.0 Å². The molecule has 0 saturated heterocycles. The molecule has 2 aromatic rings. The third kappa shape index (κ3) is 6.10. The molecule has 0 heterocycles. The summed E-state index contributed by atoms with van der Waals surface area (Å²) in [4.78, 5) is 11.4. The number of ether oxygens (including phenoxy) is 1. The Labute approximate surface area is 125 Å². The summed E-state index contributed by atoms with van der Waals surface area (Å²) in [6, 6.07) is 20.0. The number of rotatable bonds is 7. The van der Waals surface area contributed by atoms with E-state index in [0.29, 0.717) is 13.2 Å². The van der Waals surface area contributed by atoms with Crippen LogP contribution in [0.3, 0.4) is 0 Å². The zero-order valence-electron chi connectivity index (χ0n) is 11.9. The molecule has 21 heavy (non-hydrogen) atoms. The van der Waals surface area contributed by atoms with E-state index >= 15 is 0 Å². The molecule has 2 rings (SSSR count). The molecule has 0 spiro atoms. The molecule has 0 aliphatic rings. The van der Waals surface area contributed by atoms with Crippen molar-refractivity contribution in [1.82, 2.24) is 10.9 Å². The highest BCUT2D eigenvalue weighted by molar-refractivity contribution is 5.66. The van der Waals surface area contributed by atoms with Crippen molar-refractivity contribution in [3.05, 3.63) is 71.8 Å². The van der Waals surface area contributed by atoms with Crippen LogP contribution >= 0.6 is 0 Å². The second kappa shape index (κ2) is 8.76. The van der Waals surface area contributed by atoms with Crippen LogP contribution < -0.4 is 10.9 Å². The lowest BCUT2D eigenvalue weighted by Crippen LogP contribution is -2.37. The lowest BCUT2D eigenvalue weighted by molar-refractivity contribution is 0.140. The Balaban J connectivity index is 1.54. The number of hydrogen-bond acceptors (Lipinski definition) is 3. The molecule has 1 amide bonds. The number of hydrazine groups is 1. The second-order valence-electron chi connectivity index (χ2n) is 4.69. The maximum Gasteiger partial charge on any atom is 0.421 e. The van der Waals surface area contributed by atoms with Gasteiger partial charge in [-0.2, -0.15) is 0 Å². The van der Waals surface area contributed by atoms with Crippen molar-refractivity contribution in [1.29, 1.82) is 0 Å². The third-order valence-electron chi connectivity index (χ3n) is 3.01. The van der Waals surface area contributed by atoms with Gasteiger partial charge in [0.25, 0.3) is 0 Å². The largest absolute Gasteiger partial charge is 0.449 e. The van der Waals surface area contributed by atoms with Crippen LogP contribution in [0.2, 0.25) is 0 Å². The van der Waals surface area contributed by atoms with E-state index in [1.165, 1.54) is 5.56 Å². The summed E-state index contributed by atoms with van der Waals surface area (Å²) in [6.07, 6.45) is 1.28. The molecule has 0 atom stereocenters. The third-order valence-corrected chi connectivity index (χ3v) is 3.01. The van der Waals surface area contributed by atoms with Crippen LogP contribution in [0, 0.1) is 0 Å². The number of benzene rings is 2. The van der Waals surface area contributed by atoms with Crippen molar-refractivity contribution in [2.75, 3.05) is 6.61 Å². The van der Waals surface area contributed by atoms with E-state index < -0.39 is 6.09 Å². The van der Waals surface area contributed by atoms with Gasteiger partial charge in [0.05, 0.1) is 6.61 Å². The average Bonchev–Trinajstić information content (AvgIpc) is 2.54. The normalized spacial score (nSPS) is 10.1. The summed E-state index contributed by atoms with van der Waals surface area (Å²) in [5.41, 5.74) is 7.71. The molecule has 0 fully saturated rings. The van der Waals surface area contributed by atoms with Crippen molar-refractivity contribution >= 4 is 6.09 Å². The van der Waals surface area contributed by atoms with Crippen molar-refractivity contribution < 1.29 is 9.53 Å². The molecule has 0 aromatic heterocycles. The number of hydrogen-bond donors (Lipinski definition) is 2. The summed E-state index contributed by atoms with van der Waals surface area (Å²) < 4.78 is 5.09. The molecule has 0 aliphatic heterocycles. The quantitative estimate of drug-likeness (QED) is 0.607. The Morgan fingerprint density at radius 3 is 2.19 bits per heavy atom. The molecular formula is C17H20N2O2. The Hall–Kier alpha value is -2.33. The molecule has 0 radical (unpaired) electrons. The fourth-order valence-electron chi connectivity index (χ4n) is 1.94. The van der Waals surface area contributed by atoms with Gasteiger partial charge in [0, 0.05) is 6.54 Å². The van der Waals surface area contributed by atoms with E-state index in [1.807, 2.05) is 48.5 Å². The minimum absolute atomic E-state index is 0.410. The monoisotopic (exact) mass is 284 g/mol. The predicted octanol–water partition coefficient (Wildman–Crippen LogP) is 3.05. The van der Waals surface area contributed by atoms with Gasteiger partial charge in [-0.1, -0.05) is 60.7 Å². The number of aryl methyl sites for hydroxylation is 1. The van der Waals surface area contributed by atoms with E-state index in [1.54, 1.807) is 0 Å². The number of carbonyl (C=O) groups excluding carboxylic acids is 1. The van der Waals surface area contributed by atoms with Crippen molar-refractivity contribution in [3.8, 4) is 0 Å². The fourth-order valence-corrected chi connectivity index (χ4v) is 1.94. The molecule has 0 unspecified atom stereocenters. The van der Waals surface area contributed by atoms with Crippen LogP contribution in [0.15, 0.2) is 60.7 Å². The predicted molar refractivity (Wildman–Crippen MR) is 82.5 cm³/mol. The first-order valence-electron chi connectivity index (χ1n) is 7.08. The van der Waals surface area contributed by atoms with E-state index in [9.17, 15) is 4.79 Å². The molecule has 2 aromatic carbocycles. The standard InChI is InChI=1S/C17H20N2O2/c20-17(19-18-14-16-10-5-2-6-11-16)21-13-7-12-15-8-3-1-4-9-15/h1-6,8-11,18H,7,12-14H2,(H,19,20). The molecule has 4 nitrogen and oxygen atoms in total. The summed E-state index contributed by atoms with van der Waals surface area (Å²) in [5, 5.41) is 0. The lowest BCUT2D eigenvalue weighted by atomic mass is 10.1. The van der Waals surface area contributed by atoms with Crippen LogP contribution in [0.1, 0.15) is 17.5 Å². The zero-order chi connectivity index (χ0) is 14.8. The molecule has 4 heteroatoms. The van der Waals surface area contributed by atoms with Gasteiger partial charge in [-0.3, -0.25) is 5.43 Å². The topological polar surface area (TPSA) is 50.4 Å². The zero-order valence-corrected chi connectivity index (χ0v) is 11.9. The van der Waals surface area contributed by atoms with Crippen LogP contribution in [0.5, 0.6) is 0 Å². The van der Waals surface area contributed by atoms with Gasteiger partial charge in [-0.25, -0.2) is 10.2 Å². The Morgan fingerprint density at radius 2 is 1.52 bits per heavy atom. The fraction of sp³-hybridized carbons (Fsp3) is 0.235. The van der Waals surface area contributed by atoms with Gasteiger partial charge < -0.3 is 4.74 Å². The Morgan fingerprint density at radius 1 is 0.905 bits per heavy atom. The average molecular weight is 284 g/mol. The minimum atomic E-state index is -0.445. The van der Waals surface area contributed by atoms with Gasteiger partial charge in [0.1, 0.15) is 0 Å². The number of carbonyl (C=O) groups is 1. The first-order chi connectivity index (χ1) is 10.3. The highest BCUT2D eigenvalue weighted by Gasteiger charge is 2.01. The van der Waals surface area contributed by atoms with Gasteiger partial charge >= 0.3 is 6.09 Å². The molecule has 0 saturated carbocycles. The SMILES string of the molecule is O=C(NNCc1ccccc1)OCCCc1ccccc1. The van der Waals surface area contributed by atoms with Crippen molar-refractivity contribution in [2.45, 2.75) is 19.4 Å². The molecule has 2 N–H and O–H groups in total. The first-order valence-corrected chi connectivity index (χ1v) is 7.08. The summed E-state index contributed by atoms with van der Waals surface area (Å²) in [7, 11) is 0. The van der Waals surface area contributed by atoms with Crippen LogP contribution in [0.25, 0.3) is 0 Å². The Kier molecular flexibility index (Phi) is 6.29. The lowest BCUT2D eigenvalue weighted by Gasteiger charge is -2.08. The highest BCUT2D eigenvalue weighted by Crippen LogP contribution is 2.02. The molecule has 110 valence electrons. The minimum Gasteiger partial charge on any atom is -0.449 e. The van der Waals surface area contributed by atoms with Crippen LogP contribution in [0.4, 0.5) is 4.79 Å². The summed E-state index contributed by atoms with van der Waals surface area (Å²) in [6.45, 7) is 0.980. The first kappa shape index (κ1) is 15.1. The summed E-state index contributed by atoms with van der Waals surface area (Å²) >= 11 is 0. The Bertz CT molecular complexity index is 529. The van der Waals surface area contributed by atoms with Gasteiger partial charge in [0.2, 0.25) is 0 Å². The number of amides is 1. The second-order valence-corrected chi connectivity index (χ2v) is 4.69. The van der Waals surface area contributed by atoms with Gasteiger partial charge in [-0.05, 0) is 24.0 Å². The number of nitrogens with one attached hydrogen (secondary N) is 2. The van der Waals surface area contributed by atoms with Crippen LogP contribution in [-0.4, -0.2) is 12.7 Å².